The first-order chi connectivity index (χ1) is 10.5. The highest BCUT2D eigenvalue weighted by Crippen LogP contribution is 2.15. The van der Waals surface area contributed by atoms with Crippen molar-refractivity contribution in [2.24, 2.45) is 5.73 Å². The van der Waals surface area contributed by atoms with Crippen molar-refractivity contribution in [3.05, 3.63) is 65.2 Å². The Labute approximate surface area is 129 Å². The summed E-state index contributed by atoms with van der Waals surface area (Å²) in [5, 5.41) is 0. The van der Waals surface area contributed by atoms with E-state index in [2.05, 4.69) is 0 Å². The standard InChI is InChI=1S/C18H19NO3/c1-13(20)22-17-11-7-15(8-12-17)4-2-3-14-5-9-16(10-6-14)18(19)21/h5-12H,2-4H2,1H3,(H2,19,21). The summed E-state index contributed by atoms with van der Waals surface area (Å²) >= 11 is 0. The summed E-state index contributed by atoms with van der Waals surface area (Å²) in [4.78, 5) is 21.8. The molecule has 0 bridgehead atoms. The van der Waals surface area contributed by atoms with Gasteiger partial charge in [-0.15, -0.1) is 0 Å². The predicted molar refractivity (Wildman–Crippen MR) is 84.7 cm³/mol. The summed E-state index contributed by atoms with van der Waals surface area (Å²) < 4.78 is 5.00. The molecule has 0 aliphatic rings. The molecule has 0 radical (unpaired) electrons. The topological polar surface area (TPSA) is 69.4 Å². The third-order valence-corrected chi connectivity index (χ3v) is 3.35. The van der Waals surface area contributed by atoms with Gasteiger partial charge in [0.15, 0.2) is 0 Å². The van der Waals surface area contributed by atoms with E-state index in [0.717, 1.165) is 19.3 Å². The number of hydrogen-bond donors (Lipinski definition) is 1. The van der Waals surface area contributed by atoms with Gasteiger partial charge in [0.2, 0.25) is 5.91 Å². The fraction of sp³-hybridized carbons (Fsp3) is 0.222. The second kappa shape index (κ2) is 7.41. The van der Waals surface area contributed by atoms with Crippen LogP contribution in [0.1, 0.15) is 34.8 Å². The maximum atomic E-state index is 11.0. The van der Waals surface area contributed by atoms with Crippen molar-refractivity contribution in [2.75, 3.05) is 0 Å². The van der Waals surface area contributed by atoms with E-state index in [1.54, 1.807) is 24.3 Å². The molecule has 4 nitrogen and oxygen atoms in total. The van der Waals surface area contributed by atoms with Gasteiger partial charge in [-0.05, 0) is 54.7 Å². The van der Waals surface area contributed by atoms with E-state index in [1.807, 2.05) is 24.3 Å². The monoisotopic (exact) mass is 297 g/mol. The molecule has 0 fully saturated rings. The van der Waals surface area contributed by atoms with Crippen LogP contribution in [-0.2, 0) is 17.6 Å². The lowest BCUT2D eigenvalue weighted by Gasteiger charge is -2.05. The zero-order valence-corrected chi connectivity index (χ0v) is 12.5. The van der Waals surface area contributed by atoms with Crippen LogP contribution in [0.15, 0.2) is 48.5 Å². The number of carbonyl (C=O) groups is 2. The first kappa shape index (κ1) is 15.8. The van der Waals surface area contributed by atoms with E-state index >= 15 is 0 Å². The highest BCUT2D eigenvalue weighted by Gasteiger charge is 2.01. The molecule has 0 aliphatic heterocycles. The molecule has 0 saturated carbocycles. The van der Waals surface area contributed by atoms with Gasteiger partial charge in [-0.3, -0.25) is 9.59 Å². The Hall–Kier alpha value is -2.62. The highest BCUT2D eigenvalue weighted by atomic mass is 16.5. The van der Waals surface area contributed by atoms with Crippen molar-refractivity contribution < 1.29 is 14.3 Å². The molecule has 0 heterocycles. The van der Waals surface area contributed by atoms with Gasteiger partial charge in [-0.2, -0.15) is 0 Å². The molecule has 0 saturated heterocycles. The van der Waals surface area contributed by atoms with Crippen molar-refractivity contribution in [1.82, 2.24) is 0 Å². The first-order valence-electron chi connectivity index (χ1n) is 7.21. The van der Waals surface area contributed by atoms with Crippen LogP contribution in [0, 0.1) is 0 Å². The molecular weight excluding hydrogens is 278 g/mol. The molecule has 2 N–H and O–H groups in total. The predicted octanol–water partition coefficient (Wildman–Crippen LogP) is 2.89. The van der Waals surface area contributed by atoms with Crippen molar-refractivity contribution in [2.45, 2.75) is 26.2 Å². The minimum atomic E-state index is -0.403. The molecule has 1 amide bonds. The number of esters is 1. The van der Waals surface area contributed by atoms with Crippen LogP contribution in [-0.4, -0.2) is 11.9 Å². The van der Waals surface area contributed by atoms with Gasteiger partial charge in [0, 0.05) is 12.5 Å². The van der Waals surface area contributed by atoms with Crippen LogP contribution in [0.3, 0.4) is 0 Å². The molecule has 0 unspecified atom stereocenters. The zero-order chi connectivity index (χ0) is 15.9. The van der Waals surface area contributed by atoms with Gasteiger partial charge in [-0.1, -0.05) is 24.3 Å². The maximum absolute atomic E-state index is 11.0. The Morgan fingerprint density at radius 3 is 1.86 bits per heavy atom. The molecule has 0 spiro atoms. The average Bonchev–Trinajstić information content (AvgIpc) is 2.49. The minimum absolute atomic E-state index is 0.313. The first-order valence-corrected chi connectivity index (χ1v) is 7.21. The van der Waals surface area contributed by atoms with E-state index in [1.165, 1.54) is 18.1 Å². The maximum Gasteiger partial charge on any atom is 0.308 e. The molecular formula is C18H19NO3. The summed E-state index contributed by atoms with van der Waals surface area (Å²) in [6, 6.07) is 14.9. The van der Waals surface area contributed by atoms with Crippen molar-refractivity contribution >= 4 is 11.9 Å². The summed E-state index contributed by atoms with van der Waals surface area (Å²) in [5.74, 6) is -0.148. The number of ether oxygens (including phenoxy) is 1. The molecule has 2 aromatic rings. The molecule has 0 atom stereocenters. The van der Waals surface area contributed by atoms with Gasteiger partial charge < -0.3 is 10.5 Å². The smallest absolute Gasteiger partial charge is 0.308 e. The summed E-state index contributed by atoms with van der Waals surface area (Å²) in [5.41, 5.74) is 8.12. The Kier molecular flexibility index (Phi) is 5.31. The molecule has 0 aliphatic carbocycles. The lowest BCUT2D eigenvalue weighted by molar-refractivity contribution is -0.131. The van der Waals surface area contributed by atoms with Crippen LogP contribution in [0.2, 0.25) is 0 Å². The minimum Gasteiger partial charge on any atom is -0.427 e. The second-order valence-electron chi connectivity index (χ2n) is 5.15. The van der Waals surface area contributed by atoms with Gasteiger partial charge >= 0.3 is 5.97 Å². The normalized spacial score (nSPS) is 10.2. The zero-order valence-electron chi connectivity index (χ0n) is 12.5. The third kappa shape index (κ3) is 4.74. The number of primary amides is 1. The van der Waals surface area contributed by atoms with Gasteiger partial charge in [0.25, 0.3) is 0 Å². The Balaban J connectivity index is 1.83. The summed E-state index contributed by atoms with van der Waals surface area (Å²) in [6.45, 7) is 1.39. The second-order valence-corrected chi connectivity index (χ2v) is 5.15. The van der Waals surface area contributed by atoms with E-state index in [9.17, 15) is 9.59 Å². The SMILES string of the molecule is CC(=O)Oc1ccc(CCCc2ccc(C(N)=O)cc2)cc1. The number of rotatable bonds is 6. The van der Waals surface area contributed by atoms with Crippen molar-refractivity contribution in [3.8, 4) is 5.75 Å². The van der Waals surface area contributed by atoms with E-state index in [4.69, 9.17) is 10.5 Å². The number of carbonyl (C=O) groups excluding carboxylic acids is 2. The molecule has 22 heavy (non-hydrogen) atoms. The quantitative estimate of drug-likeness (QED) is 0.658. The molecule has 2 rings (SSSR count). The number of nitrogens with two attached hydrogens (primary N) is 1. The van der Waals surface area contributed by atoms with E-state index in [-0.39, 0.29) is 5.97 Å². The van der Waals surface area contributed by atoms with E-state index in [0.29, 0.717) is 11.3 Å². The fourth-order valence-corrected chi connectivity index (χ4v) is 2.22. The number of amides is 1. The van der Waals surface area contributed by atoms with E-state index < -0.39 is 5.91 Å². The lowest BCUT2D eigenvalue weighted by Crippen LogP contribution is -2.10. The van der Waals surface area contributed by atoms with Crippen molar-refractivity contribution in [3.63, 3.8) is 0 Å². The number of hydrogen-bond acceptors (Lipinski definition) is 3. The highest BCUT2D eigenvalue weighted by molar-refractivity contribution is 5.92. The fourth-order valence-electron chi connectivity index (χ4n) is 2.22. The average molecular weight is 297 g/mol. The van der Waals surface area contributed by atoms with Crippen LogP contribution in [0.25, 0.3) is 0 Å². The third-order valence-electron chi connectivity index (χ3n) is 3.35. The molecule has 0 aromatic heterocycles. The molecule has 2 aromatic carbocycles. The molecule has 114 valence electrons. The van der Waals surface area contributed by atoms with Crippen LogP contribution in [0.4, 0.5) is 0 Å². The number of benzene rings is 2. The van der Waals surface area contributed by atoms with Gasteiger partial charge in [0.1, 0.15) is 5.75 Å². The van der Waals surface area contributed by atoms with Crippen molar-refractivity contribution in [1.29, 1.82) is 0 Å². The number of aryl methyl sites for hydroxylation is 2. The van der Waals surface area contributed by atoms with Crippen LogP contribution in [0.5, 0.6) is 5.75 Å². The van der Waals surface area contributed by atoms with Gasteiger partial charge in [0.05, 0.1) is 0 Å². The Bertz CT molecular complexity index is 645. The van der Waals surface area contributed by atoms with Gasteiger partial charge in [-0.25, -0.2) is 0 Å². The lowest BCUT2D eigenvalue weighted by atomic mass is 10.0. The largest absolute Gasteiger partial charge is 0.427 e. The Morgan fingerprint density at radius 1 is 0.909 bits per heavy atom. The Morgan fingerprint density at radius 2 is 1.41 bits per heavy atom. The van der Waals surface area contributed by atoms with Crippen LogP contribution >= 0.6 is 0 Å². The summed E-state index contributed by atoms with van der Waals surface area (Å²) in [6.07, 6.45) is 2.88. The summed E-state index contributed by atoms with van der Waals surface area (Å²) in [7, 11) is 0. The van der Waals surface area contributed by atoms with Crippen LogP contribution < -0.4 is 10.5 Å². The molecule has 4 heteroatoms.